The lowest BCUT2D eigenvalue weighted by Gasteiger charge is -2.19. The van der Waals surface area contributed by atoms with Crippen LogP contribution in [0.5, 0.6) is 0 Å². The van der Waals surface area contributed by atoms with Gasteiger partial charge in [-0.3, -0.25) is 0 Å². The molecule has 0 atom stereocenters. The van der Waals surface area contributed by atoms with Gasteiger partial charge in [0, 0.05) is 18.7 Å². The van der Waals surface area contributed by atoms with Gasteiger partial charge in [-0.05, 0) is 26.8 Å². The number of ether oxygens (including phenoxy) is 1. The monoisotopic (exact) mass is 233 g/mol. The molecule has 92 valence electrons. The molecule has 0 heterocycles. The number of amides is 1. The van der Waals surface area contributed by atoms with E-state index in [-0.39, 0.29) is 6.09 Å². The molecule has 3 heteroatoms. The number of hydrogen-bond donors (Lipinski definition) is 0. The predicted octanol–water partition coefficient (Wildman–Crippen LogP) is 3.53. The smallest absolute Gasteiger partial charge is 0.410 e. The van der Waals surface area contributed by atoms with Gasteiger partial charge in [0.25, 0.3) is 0 Å². The number of hydrogen-bond acceptors (Lipinski definition) is 2. The lowest BCUT2D eigenvalue weighted by Crippen LogP contribution is -2.30. The molecule has 0 unspecified atom stereocenters. The molecule has 0 aliphatic heterocycles. The van der Waals surface area contributed by atoms with Crippen molar-refractivity contribution in [2.75, 3.05) is 13.1 Å². The molecule has 0 radical (unpaired) electrons. The molecule has 0 saturated heterocycles. The molecule has 0 fully saturated rings. The third-order valence-electron chi connectivity index (χ3n) is 2.54. The second-order valence-corrected chi connectivity index (χ2v) is 3.56. The second kappa shape index (κ2) is 6.74. The number of rotatable bonds is 4. The van der Waals surface area contributed by atoms with Gasteiger partial charge in [-0.1, -0.05) is 30.3 Å². The molecule has 1 aromatic carbocycles. The summed E-state index contributed by atoms with van der Waals surface area (Å²) in [6.45, 7) is 7.03. The summed E-state index contributed by atoms with van der Waals surface area (Å²) < 4.78 is 5.38. The van der Waals surface area contributed by atoms with Gasteiger partial charge in [-0.15, -0.1) is 0 Å². The highest BCUT2D eigenvalue weighted by molar-refractivity contribution is 5.76. The molecular formula is C14H19NO2. The van der Waals surface area contributed by atoms with Gasteiger partial charge in [-0.25, -0.2) is 4.79 Å². The Balaban J connectivity index is 2.76. The molecule has 1 aromatic rings. The molecule has 3 nitrogen and oxygen atoms in total. The van der Waals surface area contributed by atoms with Gasteiger partial charge in [0.15, 0.2) is 0 Å². The third-order valence-corrected chi connectivity index (χ3v) is 2.54. The maximum Gasteiger partial charge on any atom is 0.415 e. The van der Waals surface area contributed by atoms with Crippen molar-refractivity contribution in [3.63, 3.8) is 0 Å². The summed E-state index contributed by atoms with van der Waals surface area (Å²) in [4.78, 5) is 13.5. The average molecular weight is 233 g/mol. The molecule has 0 aliphatic carbocycles. The maximum atomic E-state index is 11.8. The van der Waals surface area contributed by atoms with Crippen molar-refractivity contribution in [3.8, 4) is 0 Å². The molecule has 0 saturated carbocycles. The summed E-state index contributed by atoms with van der Waals surface area (Å²) >= 11 is 0. The highest BCUT2D eigenvalue weighted by Crippen LogP contribution is 2.16. The van der Waals surface area contributed by atoms with E-state index < -0.39 is 0 Å². The van der Waals surface area contributed by atoms with Crippen LogP contribution in [0, 0.1) is 0 Å². The van der Waals surface area contributed by atoms with Crippen LogP contribution in [0.25, 0.3) is 5.76 Å². The number of benzene rings is 1. The van der Waals surface area contributed by atoms with Crippen molar-refractivity contribution in [2.24, 2.45) is 0 Å². The minimum absolute atomic E-state index is 0.299. The standard InChI is InChI=1S/C14H19NO2/c1-4-13(12-10-8-7-9-11-12)17-14(16)15(5-2)6-3/h4,7-11H,5-6H2,1-3H3. The largest absolute Gasteiger partial charge is 0.415 e. The molecule has 1 rings (SSSR count). The summed E-state index contributed by atoms with van der Waals surface area (Å²) in [6.07, 6.45) is 1.50. The van der Waals surface area contributed by atoms with Crippen LogP contribution in [0.15, 0.2) is 36.4 Å². The lowest BCUT2D eigenvalue weighted by molar-refractivity contribution is 0.148. The van der Waals surface area contributed by atoms with Crippen LogP contribution < -0.4 is 0 Å². The van der Waals surface area contributed by atoms with Crippen molar-refractivity contribution in [2.45, 2.75) is 20.8 Å². The fourth-order valence-corrected chi connectivity index (χ4v) is 1.53. The maximum absolute atomic E-state index is 11.8. The Morgan fingerprint density at radius 2 is 1.82 bits per heavy atom. The molecule has 0 bridgehead atoms. The Bertz CT molecular complexity index is 380. The zero-order valence-electron chi connectivity index (χ0n) is 10.6. The van der Waals surface area contributed by atoms with Crippen molar-refractivity contribution in [1.82, 2.24) is 4.90 Å². The van der Waals surface area contributed by atoms with Crippen LogP contribution in [0.4, 0.5) is 4.79 Å². The van der Waals surface area contributed by atoms with Crippen LogP contribution in [-0.2, 0) is 4.74 Å². The molecule has 0 spiro atoms. The average Bonchev–Trinajstić information content (AvgIpc) is 2.38. The van der Waals surface area contributed by atoms with E-state index in [1.807, 2.05) is 51.1 Å². The topological polar surface area (TPSA) is 29.5 Å². The Hall–Kier alpha value is -1.77. The van der Waals surface area contributed by atoms with Crippen LogP contribution in [-0.4, -0.2) is 24.1 Å². The Kier molecular flexibility index (Phi) is 5.27. The first-order valence-electron chi connectivity index (χ1n) is 5.91. The first-order valence-corrected chi connectivity index (χ1v) is 5.91. The Morgan fingerprint density at radius 3 is 2.29 bits per heavy atom. The van der Waals surface area contributed by atoms with E-state index in [1.54, 1.807) is 11.0 Å². The minimum Gasteiger partial charge on any atom is -0.410 e. The first kappa shape index (κ1) is 13.3. The van der Waals surface area contributed by atoms with E-state index in [0.29, 0.717) is 18.8 Å². The number of allylic oxidation sites excluding steroid dienone is 1. The van der Waals surface area contributed by atoms with Gasteiger partial charge in [0.05, 0.1) is 0 Å². The molecule has 1 amide bonds. The minimum atomic E-state index is -0.299. The zero-order chi connectivity index (χ0) is 12.7. The number of carbonyl (C=O) groups excluding carboxylic acids is 1. The fourth-order valence-electron chi connectivity index (χ4n) is 1.53. The fraction of sp³-hybridized carbons (Fsp3) is 0.357. The van der Waals surface area contributed by atoms with Crippen molar-refractivity contribution in [3.05, 3.63) is 42.0 Å². The van der Waals surface area contributed by atoms with Crippen LogP contribution in [0.1, 0.15) is 26.3 Å². The van der Waals surface area contributed by atoms with Crippen molar-refractivity contribution in [1.29, 1.82) is 0 Å². The van der Waals surface area contributed by atoms with Crippen molar-refractivity contribution >= 4 is 11.9 Å². The summed E-state index contributed by atoms with van der Waals surface area (Å²) in [5.41, 5.74) is 0.913. The van der Waals surface area contributed by atoms with Crippen LogP contribution in [0.3, 0.4) is 0 Å². The van der Waals surface area contributed by atoms with Gasteiger partial charge in [0.1, 0.15) is 5.76 Å². The van der Waals surface area contributed by atoms with Crippen LogP contribution in [0.2, 0.25) is 0 Å². The third kappa shape index (κ3) is 3.63. The zero-order valence-corrected chi connectivity index (χ0v) is 10.6. The Labute approximate surface area is 103 Å². The quantitative estimate of drug-likeness (QED) is 0.744. The molecular weight excluding hydrogens is 214 g/mol. The SMILES string of the molecule is CC=C(OC(=O)N(CC)CC)c1ccccc1. The number of carbonyl (C=O) groups is 1. The molecule has 0 N–H and O–H groups in total. The van der Waals surface area contributed by atoms with E-state index in [1.165, 1.54) is 0 Å². The van der Waals surface area contributed by atoms with E-state index in [4.69, 9.17) is 4.74 Å². The van der Waals surface area contributed by atoms with Gasteiger partial charge in [0.2, 0.25) is 0 Å². The normalized spacial score (nSPS) is 11.1. The summed E-state index contributed by atoms with van der Waals surface area (Å²) in [5, 5.41) is 0. The van der Waals surface area contributed by atoms with E-state index in [9.17, 15) is 4.79 Å². The summed E-state index contributed by atoms with van der Waals surface area (Å²) in [6, 6.07) is 9.62. The predicted molar refractivity (Wildman–Crippen MR) is 69.5 cm³/mol. The molecule has 0 aliphatic rings. The highest BCUT2D eigenvalue weighted by atomic mass is 16.6. The lowest BCUT2D eigenvalue weighted by atomic mass is 10.2. The van der Waals surface area contributed by atoms with Crippen molar-refractivity contribution < 1.29 is 9.53 Å². The van der Waals surface area contributed by atoms with Gasteiger partial charge < -0.3 is 9.64 Å². The summed E-state index contributed by atoms with van der Waals surface area (Å²) in [7, 11) is 0. The molecule has 17 heavy (non-hydrogen) atoms. The van der Waals surface area contributed by atoms with E-state index in [2.05, 4.69) is 0 Å². The molecule has 0 aromatic heterocycles. The van der Waals surface area contributed by atoms with E-state index >= 15 is 0 Å². The van der Waals surface area contributed by atoms with Crippen LogP contribution >= 0.6 is 0 Å². The summed E-state index contributed by atoms with van der Waals surface area (Å²) in [5.74, 6) is 0.600. The Morgan fingerprint density at radius 1 is 1.24 bits per heavy atom. The highest BCUT2D eigenvalue weighted by Gasteiger charge is 2.13. The first-order chi connectivity index (χ1) is 8.22. The number of nitrogens with zero attached hydrogens (tertiary/aromatic N) is 1. The van der Waals surface area contributed by atoms with Gasteiger partial charge >= 0.3 is 6.09 Å². The van der Waals surface area contributed by atoms with E-state index in [0.717, 1.165) is 5.56 Å². The second-order valence-electron chi connectivity index (χ2n) is 3.56. The van der Waals surface area contributed by atoms with Gasteiger partial charge in [-0.2, -0.15) is 0 Å².